The molecule has 21 heavy (non-hydrogen) atoms. The molecule has 0 saturated heterocycles. The minimum Gasteiger partial charge on any atom is -0.496 e. The highest BCUT2D eigenvalue weighted by Crippen LogP contribution is 2.29. The first-order valence-electron chi connectivity index (χ1n) is 7.12. The van der Waals surface area contributed by atoms with Crippen LogP contribution in [0.1, 0.15) is 29.8 Å². The zero-order chi connectivity index (χ0) is 15.2. The second-order valence-corrected chi connectivity index (χ2v) is 5.38. The van der Waals surface area contributed by atoms with Crippen LogP contribution < -0.4 is 10.1 Å². The third-order valence-electron chi connectivity index (χ3n) is 3.62. The van der Waals surface area contributed by atoms with Crippen molar-refractivity contribution < 1.29 is 4.74 Å². The number of nitrogens with one attached hydrogen (secondary N) is 1. The SMILES string of the molecule is CCc1ccc(CC(NC)c2cc(Cl)ccc2OC)nc1. The summed E-state index contributed by atoms with van der Waals surface area (Å²) in [5, 5.41) is 4.03. The number of likely N-dealkylation sites (N-methyl/N-ethyl adjacent to an activating group) is 1. The van der Waals surface area contributed by atoms with Crippen molar-refractivity contribution in [3.8, 4) is 5.75 Å². The third-order valence-corrected chi connectivity index (χ3v) is 3.86. The van der Waals surface area contributed by atoms with Gasteiger partial charge in [-0.25, -0.2) is 0 Å². The number of aryl methyl sites for hydroxylation is 1. The van der Waals surface area contributed by atoms with Gasteiger partial charge in [0.25, 0.3) is 0 Å². The molecule has 4 heteroatoms. The van der Waals surface area contributed by atoms with Gasteiger partial charge in [0.2, 0.25) is 0 Å². The van der Waals surface area contributed by atoms with E-state index in [1.165, 1.54) is 5.56 Å². The number of hydrogen-bond donors (Lipinski definition) is 1. The van der Waals surface area contributed by atoms with Crippen LogP contribution in [-0.2, 0) is 12.8 Å². The normalized spacial score (nSPS) is 12.2. The summed E-state index contributed by atoms with van der Waals surface area (Å²) in [4.78, 5) is 4.53. The molecular weight excluding hydrogens is 284 g/mol. The van der Waals surface area contributed by atoms with E-state index in [1.54, 1.807) is 7.11 Å². The average Bonchev–Trinajstić information content (AvgIpc) is 2.53. The standard InChI is InChI=1S/C17H21ClN2O/c1-4-12-5-7-14(20-11-12)10-16(19-2)15-9-13(18)6-8-17(15)21-3/h5-9,11,16,19H,4,10H2,1-3H3. The Hall–Kier alpha value is -1.58. The summed E-state index contributed by atoms with van der Waals surface area (Å²) in [5.41, 5.74) is 3.35. The van der Waals surface area contributed by atoms with E-state index in [4.69, 9.17) is 16.3 Å². The molecule has 2 aromatic rings. The quantitative estimate of drug-likeness (QED) is 0.881. The molecule has 1 aromatic heterocycles. The largest absolute Gasteiger partial charge is 0.496 e. The van der Waals surface area contributed by atoms with Gasteiger partial charge in [0, 0.05) is 34.9 Å². The van der Waals surface area contributed by atoms with Gasteiger partial charge in [-0.05, 0) is 43.3 Å². The number of pyridine rings is 1. The highest BCUT2D eigenvalue weighted by atomic mass is 35.5. The fourth-order valence-electron chi connectivity index (χ4n) is 2.34. The van der Waals surface area contributed by atoms with Crippen molar-refractivity contribution in [2.75, 3.05) is 14.2 Å². The summed E-state index contributed by atoms with van der Waals surface area (Å²) >= 11 is 6.12. The van der Waals surface area contributed by atoms with Gasteiger partial charge < -0.3 is 10.1 Å². The van der Waals surface area contributed by atoms with Crippen molar-refractivity contribution in [3.63, 3.8) is 0 Å². The van der Waals surface area contributed by atoms with Crippen molar-refractivity contribution in [1.82, 2.24) is 10.3 Å². The molecule has 0 aliphatic rings. The van der Waals surface area contributed by atoms with Crippen molar-refractivity contribution in [3.05, 3.63) is 58.4 Å². The second kappa shape index (κ2) is 7.43. The predicted octanol–water partition coefficient (Wildman–Crippen LogP) is 3.81. The van der Waals surface area contributed by atoms with Crippen LogP contribution in [0.4, 0.5) is 0 Å². The van der Waals surface area contributed by atoms with Gasteiger partial charge >= 0.3 is 0 Å². The molecular formula is C17H21ClN2O. The van der Waals surface area contributed by atoms with E-state index < -0.39 is 0 Å². The molecule has 112 valence electrons. The number of halogens is 1. The smallest absolute Gasteiger partial charge is 0.123 e. The summed E-state index contributed by atoms with van der Waals surface area (Å²) in [7, 11) is 3.61. The topological polar surface area (TPSA) is 34.1 Å². The van der Waals surface area contributed by atoms with Gasteiger partial charge in [-0.2, -0.15) is 0 Å². The Labute approximate surface area is 131 Å². The molecule has 0 bridgehead atoms. The number of rotatable bonds is 6. The number of methoxy groups -OCH3 is 1. The van der Waals surface area contributed by atoms with E-state index >= 15 is 0 Å². The van der Waals surface area contributed by atoms with Crippen molar-refractivity contribution >= 4 is 11.6 Å². The molecule has 0 spiro atoms. The molecule has 3 nitrogen and oxygen atoms in total. The number of benzene rings is 1. The number of ether oxygens (including phenoxy) is 1. The van der Waals surface area contributed by atoms with Gasteiger partial charge in [0.05, 0.1) is 7.11 Å². The fourth-order valence-corrected chi connectivity index (χ4v) is 2.52. The lowest BCUT2D eigenvalue weighted by Gasteiger charge is -2.19. The van der Waals surface area contributed by atoms with E-state index in [9.17, 15) is 0 Å². The number of aromatic nitrogens is 1. The third kappa shape index (κ3) is 3.96. The molecule has 1 unspecified atom stereocenters. The van der Waals surface area contributed by atoms with E-state index in [0.717, 1.165) is 29.8 Å². The fraction of sp³-hybridized carbons (Fsp3) is 0.353. The van der Waals surface area contributed by atoms with Crippen LogP contribution in [0.3, 0.4) is 0 Å². The van der Waals surface area contributed by atoms with Crippen LogP contribution in [0.25, 0.3) is 0 Å². The highest BCUT2D eigenvalue weighted by Gasteiger charge is 2.16. The Bertz CT molecular complexity index is 584. The summed E-state index contributed by atoms with van der Waals surface area (Å²) in [6, 6.07) is 10.0. The molecule has 1 N–H and O–H groups in total. The van der Waals surface area contributed by atoms with Crippen LogP contribution in [-0.4, -0.2) is 19.1 Å². The van der Waals surface area contributed by atoms with Crippen LogP contribution in [0.5, 0.6) is 5.75 Å². The Morgan fingerprint density at radius 3 is 2.67 bits per heavy atom. The lowest BCUT2D eigenvalue weighted by molar-refractivity contribution is 0.401. The first-order valence-corrected chi connectivity index (χ1v) is 7.50. The maximum Gasteiger partial charge on any atom is 0.123 e. The van der Waals surface area contributed by atoms with Gasteiger partial charge in [-0.1, -0.05) is 24.6 Å². The first kappa shape index (κ1) is 15.8. The van der Waals surface area contributed by atoms with E-state index in [2.05, 4.69) is 29.4 Å². The molecule has 1 atom stereocenters. The molecule has 1 aromatic carbocycles. The summed E-state index contributed by atoms with van der Waals surface area (Å²) in [6.45, 7) is 2.13. The number of nitrogens with zero attached hydrogens (tertiary/aromatic N) is 1. The first-order chi connectivity index (χ1) is 10.2. The molecule has 0 fully saturated rings. The molecule has 0 aliphatic carbocycles. The summed E-state index contributed by atoms with van der Waals surface area (Å²) in [5.74, 6) is 0.837. The zero-order valence-corrected chi connectivity index (χ0v) is 13.4. The Morgan fingerprint density at radius 2 is 2.10 bits per heavy atom. The summed E-state index contributed by atoms with van der Waals surface area (Å²) < 4.78 is 5.44. The number of hydrogen-bond acceptors (Lipinski definition) is 3. The van der Waals surface area contributed by atoms with E-state index in [-0.39, 0.29) is 6.04 Å². The van der Waals surface area contributed by atoms with Crippen LogP contribution in [0.15, 0.2) is 36.5 Å². The monoisotopic (exact) mass is 304 g/mol. The van der Waals surface area contributed by atoms with Gasteiger partial charge in [0.15, 0.2) is 0 Å². The summed E-state index contributed by atoms with van der Waals surface area (Å²) in [6.07, 6.45) is 3.74. The maximum absolute atomic E-state index is 6.12. The highest BCUT2D eigenvalue weighted by molar-refractivity contribution is 6.30. The zero-order valence-electron chi connectivity index (χ0n) is 12.7. The Morgan fingerprint density at radius 1 is 1.29 bits per heavy atom. The van der Waals surface area contributed by atoms with Gasteiger partial charge in [-0.3, -0.25) is 4.98 Å². The molecule has 2 rings (SSSR count). The molecule has 0 amide bonds. The molecule has 0 radical (unpaired) electrons. The molecule has 0 saturated carbocycles. The minimum atomic E-state index is 0.110. The van der Waals surface area contributed by atoms with Crippen LogP contribution in [0, 0.1) is 0 Å². The Kier molecular flexibility index (Phi) is 5.59. The maximum atomic E-state index is 6.12. The molecule has 1 heterocycles. The predicted molar refractivity (Wildman–Crippen MR) is 87.1 cm³/mol. The molecule has 0 aliphatic heterocycles. The lowest BCUT2D eigenvalue weighted by Crippen LogP contribution is -2.20. The van der Waals surface area contributed by atoms with E-state index in [1.807, 2.05) is 31.4 Å². The van der Waals surface area contributed by atoms with Crippen LogP contribution >= 0.6 is 11.6 Å². The lowest BCUT2D eigenvalue weighted by atomic mass is 10.0. The Balaban J connectivity index is 2.24. The average molecular weight is 305 g/mol. The van der Waals surface area contributed by atoms with Crippen molar-refractivity contribution in [2.45, 2.75) is 25.8 Å². The van der Waals surface area contributed by atoms with Crippen molar-refractivity contribution in [2.24, 2.45) is 0 Å². The second-order valence-electron chi connectivity index (χ2n) is 4.94. The minimum absolute atomic E-state index is 0.110. The van der Waals surface area contributed by atoms with Crippen LogP contribution in [0.2, 0.25) is 5.02 Å². The van der Waals surface area contributed by atoms with Gasteiger partial charge in [0.1, 0.15) is 5.75 Å². The van der Waals surface area contributed by atoms with E-state index in [0.29, 0.717) is 5.02 Å². The van der Waals surface area contributed by atoms with Crippen molar-refractivity contribution in [1.29, 1.82) is 0 Å². The van der Waals surface area contributed by atoms with Gasteiger partial charge in [-0.15, -0.1) is 0 Å².